The number of hydrogen-bond acceptors (Lipinski definition) is 4. The van der Waals surface area contributed by atoms with Crippen LogP contribution < -0.4 is 5.56 Å². The van der Waals surface area contributed by atoms with Gasteiger partial charge in [0.05, 0.1) is 16.5 Å². The minimum absolute atomic E-state index is 0.0919. The molecule has 0 aliphatic carbocycles. The van der Waals surface area contributed by atoms with E-state index in [9.17, 15) is 14.9 Å². The molecule has 0 aliphatic rings. The van der Waals surface area contributed by atoms with Gasteiger partial charge < -0.3 is 0 Å². The summed E-state index contributed by atoms with van der Waals surface area (Å²) in [5.74, 6) is 0. The number of aromatic nitrogens is 2. The van der Waals surface area contributed by atoms with E-state index in [1.807, 2.05) is 0 Å². The average molecular weight is 205 g/mol. The van der Waals surface area contributed by atoms with Gasteiger partial charge >= 0.3 is 0 Å². The first-order chi connectivity index (χ1) is 7.09. The number of benzene rings is 1. The van der Waals surface area contributed by atoms with E-state index in [0.717, 1.165) is 4.68 Å². The summed E-state index contributed by atoms with van der Waals surface area (Å²) in [6.45, 7) is 0. The molecule has 0 aliphatic heterocycles. The third-order valence-corrected chi connectivity index (χ3v) is 2.14. The highest BCUT2D eigenvalue weighted by Gasteiger charge is 2.08. The normalized spacial score (nSPS) is 10.5. The molecule has 0 amide bonds. The molecule has 0 radical (unpaired) electrons. The van der Waals surface area contributed by atoms with Crippen LogP contribution in [0, 0.1) is 10.1 Å². The maximum absolute atomic E-state index is 11.6. The minimum atomic E-state index is -0.528. The standard InChI is InChI=1S/C9H7N3O3/c1-11-9(13)8-4-7(12(14)15)3-2-6(8)5-10-11/h2-5H,1H3. The van der Waals surface area contributed by atoms with Gasteiger partial charge in [-0.1, -0.05) is 0 Å². The molecule has 0 fully saturated rings. The highest BCUT2D eigenvalue weighted by Crippen LogP contribution is 2.16. The lowest BCUT2D eigenvalue weighted by Gasteiger charge is -1.99. The quantitative estimate of drug-likeness (QED) is 0.510. The third-order valence-electron chi connectivity index (χ3n) is 2.14. The van der Waals surface area contributed by atoms with Crippen LogP contribution >= 0.6 is 0 Å². The van der Waals surface area contributed by atoms with Crippen LogP contribution in [0.2, 0.25) is 0 Å². The molecule has 0 bridgehead atoms. The van der Waals surface area contributed by atoms with E-state index >= 15 is 0 Å². The van der Waals surface area contributed by atoms with E-state index in [0.29, 0.717) is 10.8 Å². The number of nitro groups is 1. The van der Waals surface area contributed by atoms with Crippen molar-refractivity contribution in [2.24, 2.45) is 7.05 Å². The molecule has 6 heteroatoms. The summed E-state index contributed by atoms with van der Waals surface area (Å²) >= 11 is 0. The molecule has 1 aromatic carbocycles. The van der Waals surface area contributed by atoms with Gasteiger partial charge in [0.2, 0.25) is 0 Å². The zero-order chi connectivity index (χ0) is 11.0. The third kappa shape index (κ3) is 1.45. The lowest BCUT2D eigenvalue weighted by atomic mass is 10.2. The topological polar surface area (TPSA) is 78.0 Å². The number of rotatable bonds is 1. The van der Waals surface area contributed by atoms with Crippen molar-refractivity contribution in [1.29, 1.82) is 0 Å². The van der Waals surface area contributed by atoms with Gasteiger partial charge in [0.15, 0.2) is 0 Å². The van der Waals surface area contributed by atoms with E-state index in [-0.39, 0.29) is 11.2 Å². The van der Waals surface area contributed by atoms with Crippen LogP contribution in [0.4, 0.5) is 5.69 Å². The van der Waals surface area contributed by atoms with Gasteiger partial charge in [-0.15, -0.1) is 0 Å². The van der Waals surface area contributed by atoms with Gasteiger partial charge in [-0.05, 0) is 6.07 Å². The summed E-state index contributed by atoms with van der Waals surface area (Å²) < 4.78 is 1.14. The Kier molecular flexibility index (Phi) is 1.96. The molecule has 0 saturated carbocycles. The second kappa shape index (κ2) is 3.16. The van der Waals surface area contributed by atoms with Gasteiger partial charge in [0.1, 0.15) is 0 Å². The van der Waals surface area contributed by atoms with Crippen molar-refractivity contribution in [2.45, 2.75) is 0 Å². The van der Waals surface area contributed by atoms with Crippen LogP contribution in [-0.2, 0) is 7.05 Å². The second-order valence-electron chi connectivity index (χ2n) is 3.10. The van der Waals surface area contributed by atoms with Gasteiger partial charge in [-0.2, -0.15) is 5.10 Å². The van der Waals surface area contributed by atoms with Crippen molar-refractivity contribution in [3.63, 3.8) is 0 Å². The summed E-state index contributed by atoms with van der Waals surface area (Å²) in [6, 6.07) is 4.13. The van der Waals surface area contributed by atoms with E-state index < -0.39 is 4.92 Å². The second-order valence-corrected chi connectivity index (χ2v) is 3.10. The molecule has 1 aromatic heterocycles. The molecule has 2 aromatic rings. The lowest BCUT2D eigenvalue weighted by molar-refractivity contribution is -0.384. The number of nitrogens with zero attached hydrogens (tertiary/aromatic N) is 3. The zero-order valence-electron chi connectivity index (χ0n) is 7.88. The Labute approximate surface area is 83.9 Å². The Morgan fingerprint density at radius 1 is 1.47 bits per heavy atom. The lowest BCUT2D eigenvalue weighted by Crippen LogP contribution is -2.18. The zero-order valence-corrected chi connectivity index (χ0v) is 7.88. The summed E-state index contributed by atoms with van der Waals surface area (Å²) in [5, 5.41) is 15.2. The molecule has 76 valence electrons. The van der Waals surface area contributed by atoms with Crippen molar-refractivity contribution in [3.8, 4) is 0 Å². The molecule has 2 rings (SSSR count). The SMILES string of the molecule is Cn1ncc2ccc([N+](=O)[O-])cc2c1=O. The van der Waals surface area contributed by atoms with E-state index in [4.69, 9.17) is 0 Å². The summed E-state index contributed by atoms with van der Waals surface area (Å²) in [7, 11) is 1.50. The molecule has 0 unspecified atom stereocenters. The first-order valence-corrected chi connectivity index (χ1v) is 4.20. The van der Waals surface area contributed by atoms with E-state index in [1.54, 1.807) is 0 Å². The Bertz CT molecular complexity index is 603. The Hall–Kier alpha value is -2.24. The Balaban J connectivity index is 2.85. The fourth-order valence-corrected chi connectivity index (χ4v) is 1.33. The highest BCUT2D eigenvalue weighted by atomic mass is 16.6. The van der Waals surface area contributed by atoms with Crippen LogP contribution in [0.25, 0.3) is 10.8 Å². The van der Waals surface area contributed by atoms with Gasteiger partial charge in [0.25, 0.3) is 11.2 Å². The first-order valence-electron chi connectivity index (χ1n) is 4.20. The first kappa shape index (κ1) is 9.32. The molecular weight excluding hydrogens is 198 g/mol. The van der Waals surface area contributed by atoms with Crippen molar-refractivity contribution < 1.29 is 4.92 Å². The summed E-state index contributed by atoms with van der Waals surface area (Å²) in [4.78, 5) is 21.6. The number of non-ortho nitro benzene ring substituents is 1. The van der Waals surface area contributed by atoms with Crippen molar-refractivity contribution >= 4 is 16.5 Å². The summed E-state index contributed by atoms with van der Waals surface area (Å²) in [6.07, 6.45) is 1.50. The molecule has 0 spiro atoms. The molecular formula is C9H7N3O3. The van der Waals surface area contributed by atoms with Gasteiger partial charge in [0, 0.05) is 24.6 Å². The van der Waals surface area contributed by atoms with Gasteiger partial charge in [-0.3, -0.25) is 14.9 Å². The van der Waals surface area contributed by atoms with Crippen LogP contribution in [0.5, 0.6) is 0 Å². The molecule has 0 atom stereocenters. The van der Waals surface area contributed by atoms with Crippen molar-refractivity contribution in [3.05, 3.63) is 44.9 Å². The average Bonchev–Trinajstić information content (AvgIpc) is 2.23. The molecule has 15 heavy (non-hydrogen) atoms. The molecule has 0 saturated heterocycles. The largest absolute Gasteiger partial charge is 0.274 e. The number of aryl methyl sites for hydroxylation is 1. The van der Waals surface area contributed by atoms with E-state index in [2.05, 4.69) is 5.10 Å². The predicted octanol–water partition coefficient (Wildman–Crippen LogP) is 0.842. The number of fused-ring (bicyclic) bond motifs is 1. The van der Waals surface area contributed by atoms with Gasteiger partial charge in [-0.25, -0.2) is 4.68 Å². The highest BCUT2D eigenvalue weighted by molar-refractivity contribution is 5.82. The van der Waals surface area contributed by atoms with Crippen molar-refractivity contribution in [2.75, 3.05) is 0 Å². The fraction of sp³-hybridized carbons (Fsp3) is 0.111. The number of nitro benzene ring substituents is 1. The van der Waals surface area contributed by atoms with Crippen molar-refractivity contribution in [1.82, 2.24) is 9.78 Å². The molecule has 6 nitrogen and oxygen atoms in total. The molecule has 1 heterocycles. The Morgan fingerprint density at radius 2 is 2.20 bits per heavy atom. The Morgan fingerprint density at radius 3 is 2.87 bits per heavy atom. The van der Waals surface area contributed by atoms with E-state index in [1.165, 1.54) is 31.4 Å². The van der Waals surface area contributed by atoms with Crippen LogP contribution in [0.1, 0.15) is 0 Å². The smallest absolute Gasteiger partial charge is 0.267 e. The molecule has 0 N–H and O–H groups in total. The predicted molar refractivity (Wildman–Crippen MR) is 53.6 cm³/mol. The fourth-order valence-electron chi connectivity index (χ4n) is 1.33. The minimum Gasteiger partial charge on any atom is -0.267 e. The van der Waals surface area contributed by atoms with Crippen LogP contribution in [0.3, 0.4) is 0 Å². The summed E-state index contributed by atoms with van der Waals surface area (Å²) in [5.41, 5.74) is -0.429. The van der Waals surface area contributed by atoms with Crippen LogP contribution in [-0.4, -0.2) is 14.7 Å². The maximum Gasteiger partial charge on any atom is 0.274 e. The number of hydrogen-bond donors (Lipinski definition) is 0. The maximum atomic E-state index is 11.6. The van der Waals surface area contributed by atoms with Crippen LogP contribution in [0.15, 0.2) is 29.2 Å². The monoisotopic (exact) mass is 205 g/mol.